The third-order valence-corrected chi connectivity index (χ3v) is 5.79. The molecule has 0 saturated heterocycles. The third-order valence-electron chi connectivity index (χ3n) is 5.79. The summed E-state index contributed by atoms with van der Waals surface area (Å²) in [4.78, 5) is 37.8. The Balaban J connectivity index is 2.31. The molecular formula is C23H24O5. The second kappa shape index (κ2) is 7.23. The number of hydrogen-bond acceptors (Lipinski definition) is 5. The van der Waals surface area contributed by atoms with Gasteiger partial charge in [-0.1, -0.05) is 30.3 Å². The lowest BCUT2D eigenvalue weighted by Gasteiger charge is -2.22. The van der Waals surface area contributed by atoms with Crippen LogP contribution < -0.4 is 0 Å². The molecular weight excluding hydrogens is 356 g/mol. The van der Waals surface area contributed by atoms with Gasteiger partial charge in [0, 0.05) is 18.4 Å². The molecule has 0 saturated carbocycles. The van der Waals surface area contributed by atoms with Crippen LogP contribution in [0.5, 0.6) is 0 Å². The zero-order valence-electron chi connectivity index (χ0n) is 16.8. The van der Waals surface area contributed by atoms with Gasteiger partial charge in [0.25, 0.3) is 0 Å². The van der Waals surface area contributed by atoms with Crippen LogP contribution in [0, 0.1) is 19.3 Å². The van der Waals surface area contributed by atoms with Crippen molar-refractivity contribution in [3.8, 4) is 11.1 Å². The van der Waals surface area contributed by atoms with Crippen LogP contribution in [0.15, 0.2) is 30.3 Å². The molecule has 5 nitrogen and oxygen atoms in total. The van der Waals surface area contributed by atoms with Gasteiger partial charge >= 0.3 is 11.9 Å². The van der Waals surface area contributed by atoms with Gasteiger partial charge in [0.15, 0.2) is 11.2 Å². The van der Waals surface area contributed by atoms with Crippen molar-refractivity contribution < 1.29 is 23.9 Å². The molecule has 5 heteroatoms. The Morgan fingerprint density at radius 2 is 1.36 bits per heavy atom. The molecule has 2 aromatic carbocycles. The summed E-state index contributed by atoms with van der Waals surface area (Å²) in [6.07, 6.45) is 0.371. The van der Waals surface area contributed by atoms with E-state index in [0.29, 0.717) is 5.56 Å². The van der Waals surface area contributed by atoms with Gasteiger partial charge in [0.1, 0.15) is 0 Å². The first-order valence-corrected chi connectivity index (χ1v) is 9.16. The van der Waals surface area contributed by atoms with Crippen molar-refractivity contribution in [1.29, 1.82) is 0 Å². The van der Waals surface area contributed by atoms with Crippen molar-refractivity contribution in [2.24, 2.45) is 5.41 Å². The fraction of sp³-hybridized carbons (Fsp3) is 0.348. The third kappa shape index (κ3) is 2.82. The predicted octanol–water partition coefficient (Wildman–Crippen LogP) is 3.60. The molecule has 2 aromatic rings. The van der Waals surface area contributed by atoms with Gasteiger partial charge in [-0.05, 0) is 54.2 Å². The monoisotopic (exact) mass is 380 g/mol. The molecule has 0 heterocycles. The van der Waals surface area contributed by atoms with Crippen LogP contribution in [0.1, 0.15) is 39.5 Å². The van der Waals surface area contributed by atoms with Crippen LogP contribution in [0.2, 0.25) is 0 Å². The summed E-state index contributed by atoms with van der Waals surface area (Å²) in [7, 11) is 2.54. The smallest absolute Gasteiger partial charge is 0.323 e. The summed E-state index contributed by atoms with van der Waals surface area (Å²) in [5, 5.41) is 0. The summed E-state index contributed by atoms with van der Waals surface area (Å²) in [6.45, 7) is 5.37. The van der Waals surface area contributed by atoms with Crippen molar-refractivity contribution >= 4 is 17.7 Å². The molecule has 0 aliphatic heterocycles. The molecule has 28 heavy (non-hydrogen) atoms. The average Bonchev–Trinajstić information content (AvgIpc) is 3.12. The van der Waals surface area contributed by atoms with Crippen molar-refractivity contribution in [3.05, 3.63) is 58.1 Å². The number of rotatable bonds is 4. The zero-order chi connectivity index (χ0) is 20.6. The highest BCUT2D eigenvalue weighted by Gasteiger charge is 2.53. The van der Waals surface area contributed by atoms with E-state index in [1.54, 1.807) is 6.92 Å². The van der Waals surface area contributed by atoms with Crippen molar-refractivity contribution in [2.45, 2.75) is 33.6 Å². The Bertz CT molecular complexity index is 956. The molecule has 146 valence electrons. The number of ether oxygens (including phenoxy) is 2. The highest BCUT2D eigenvalue weighted by molar-refractivity contribution is 6.06. The van der Waals surface area contributed by atoms with Crippen molar-refractivity contribution in [3.63, 3.8) is 0 Å². The second-order valence-corrected chi connectivity index (χ2v) is 7.30. The fourth-order valence-corrected chi connectivity index (χ4v) is 4.44. The minimum atomic E-state index is -1.41. The fourth-order valence-electron chi connectivity index (χ4n) is 4.44. The highest BCUT2D eigenvalue weighted by atomic mass is 16.5. The van der Waals surface area contributed by atoms with Gasteiger partial charge in [0.2, 0.25) is 0 Å². The standard InChI is InChI=1S/C23H24O5/c1-13-17-11-23(21(25)27-4,22(26)28-5)12-18(17)14(2)20(19(13)15(3)24)16-9-7-6-8-10-16/h6-10H,11-12H2,1-5H3. The summed E-state index contributed by atoms with van der Waals surface area (Å²) in [5.74, 6) is -1.27. The number of ketones is 1. The number of carbonyl (C=O) groups is 3. The molecule has 3 rings (SSSR count). The van der Waals surface area contributed by atoms with Crippen LogP contribution in [-0.4, -0.2) is 31.9 Å². The Morgan fingerprint density at radius 3 is 1.82 bits per heavy atom. The van der Waals surface area contributed by atoms with Crippen LogP contribution in [0.4, 0.5) is 0 Å². The number of Topliss-reactive ketones (excluding diaryl/α,β-unsaturated/α-hetero) is 1. The lowest BCUT2D eigenvalue weighted by molar-refractivity contribution is -0.168. The Kier molecular flexibility index (Phi) is 5.11. The molecule has 0 radical (unpaired) electrons. The molecule has 0 spiro atoms. The summed E-state index contributed by atoms with van der Waals surface area (Å²) in [6, 6.07) is 9.70. The lowest BCUT2D eigenvalue weighted by atomic mass is 9.84. The number of methoxy groups -OCH3 is 2. The first-order chi connectivity index (χ1) is 13.3. The quantitative estimate of drug-likeness (QED) is 0.460. The van der Waals surface area contributed by atoms with E-state index in [9.17, 15) is 14.4 Å². The molecule has 0 unspecified atom stereocenters. The highest BCUT2D eigenvalue weighted by Crippen LogP contribution is 2.46. The first kappa shape index (κ1) is 19.8. The zero-order valence-corrected chi connectivity index (χ0v) is 16.8. The molecule has 0 N–H and O–H groups in total. The number of hydrogen-bond donors (Lipinski definition) is 0. The minimum absolute atomic E-state index is 0.0455. The Hall–Kier alpha value is -2.95. The number of benzene rings is 2. The van der Waals surface area contributed by atoms with Gasteiger partial charge in [-0.15, -0.1) is 0 Å². The van der Waals surface area contributed by atoms with E-state index >= 15 is 0 Å². The van der Waals surface area contributed by atoms with Crippen LogP contribution in [0.25, 0.3) is 11.1 Å². The SMILES string of the molecule is COC(=O)C1(C(=O)OC)Cc2c(C)c(C(C)=O)c(-c3ccccc3)c(C)c2C1. The normalized spacial score (nSPS) is 14.3. The van der Waals surface area contributed by atoms with Crippen molar-refractivity contribution in [2.75, 3.05) is 14.2 Å². The van der Waals surface area contributed by atoms with Gasteiger partial charge in [0.05, 0.1) is 14.2 Å². The van der Waals surface area contributed by atoms with Crippen LogP contribution >= 0.6 is 0 Å². The predicted molar refractivity (Wildman–Crippen MR) is 105 cm³/mol. The average molecular weight is 380 g/mol. The van der Waals surface area contributed by atoms with E-state index in [0.717, 1.165) is 33.4 Å². The van der Waals surface area contributed by atoms with Crippen LogP contribution in [0.3, 0.4) is 0 Å². The largest absolute Gasteiger partial charge is 0.468 e. The first-order valence-electron chi connectivity index (χ1n) is 9.16. The molecule has 0 atom stereocenters. The summed E-state index contributed by atoms with van der Waals surface area (Å²) in [5.41, 5.74) is 4.50. The maximum absolute atomic E-state index is 12.6. The van der Waals surface area contributed by atoms with E-state index < -0.39 is 17.4 Å². The van der Waals surface area contributed by atoms with Gasteiger partial charge in [-0.3, -0.25) is 14.4 Å². The summed E-state index contributed by atoms with van der Waals surface area (Å²) >= 11 is 0. The molecule has 0 bridgehead atoms. The molecule has 0 amide bonds. The topological polar surface area (TPSA) is 69.7 Å². The maximum atomic E-state index is 12.6. The molecule has 1 aliphatic carbocycles. The lowest BCUT2D eigenvalue weighted by Crippen LogP contribution is -2.42. The van der Waals surface area contributed by atoms with Crippen LogP contribution in [-0.2, 0) is 31.9 Å². The number of esters is 2. The maximum Gasteiger partial charge on any atom is 0.323 e. The Labute approximate surface area is 164 Å². The van der Waals surface area contributed by atoms with Gasteiger partial charge < -0.3 is 9.47 Å². The Morgan fingerprint density at radius 1 is 0.857 bits per heavy atom. The molecule has 1 aliphatic rings. The van der Waals surface area contributed by atoms with E-state index in [4.69, 9.17) is 9.47 Å². The minimum Gasteiger partial charge on any atom is -0.468 e. The number of carbonyl (C=O) groups excluding carboxylic acids is 3. The molecule has 0 aromatic heterocycles. The van der Waals surface area contributed by atoms with Crippen molar-refractivity contribution in [1.82, 2.24) is 0 Å². The number of fused-ring (bicyclic) bond motifs is 1. The van der Waals surface area contributed by atoms with Gasteiger partial charge in [-0.2, -0.15) is 0 Å². The van der Waals surface area contributed by atoms with E-state index in [1.807, 2.05) is 44.2 Å². The summed E-state index contributed by atoms with van der Waals surface area (Å²) < 4.78 is 9.91. The van der Waals surface area contributed by atoms with E-state index in [1.165, 1.54) is 14.2 Å². The van der Waals surface area contributed by atoms with E-state index in [2.05, 4.69) is 0 Å². The second-order valence-electron chi connectivity index (χ2n) is 7.30. The van der Waals surface area contributed by atoms with Gasteiger partial charge in [-0.25, -0.2) is 0 Å². The van der Waals surface area contributed by atoms with E-state index in [-0.39, 0.29) is 18.6 Å². The molecule has 0 fully saturated rings.